The van der Waals surface area contributed by atoms with E-state index in [0.717, 1.165) is 12.0 Å². The van der Waals surface area contributed by atoms with Gasteiger partial charge in [0, 0.05) is 13.0 Å². The van der Waals surface area contributed by atoms with Crippen molar-refractivity contribution >= 4 is 12.0 Å². The summed E-state index contributed by atoms with van der Waals surface area (Å²) in [6, 6.07) is 10.1. The van der Waals surface area contributed by atoms with Crippen molar-refractivity contribution in [3.63, 3.8) is 0 Å². The lowest BCUT2D eigenvalue weighted by Gasteiger charge is -2.31. The number of hydrogen-bond acceptors (Lipinski definition) is 3. The Hall–Kier alpha value is -2.04. The Morgan fingerprint density at radius 3 is 2.52 bits per heavy atom. The van der Waals surface area contributed by atoms with Crippen molar-refractivity contribution < 1.29 is 14.3 Å². The molecule has 2 amide bonds. The number of ether oxygens (including phenoxy) is 1. The standard InChI is InChI=1S/C18H24N2O3/c1-12(2)23-18(22)19-10-9-15-16(19)11-17(21)20(15)13(3)14-7-5-4-6-8-14/h4-8,12-13,15-16H,9-11H2,1-3H3/t13-,15-,16-/m0/s1. The Morgan fingerprint density at radius 1 is 1.17 bits per heavy atom. The Kier molecular flexibility index (Phi) is 4.28. The van der Waals surface area contributed by atoms with E-state index < -0.39 is 0 Å². The van der Waals surface area contributed by atoms with Gasteiger partial charge in [-0.1, -0.05) is 30.3 Å². The number of nitrogens with zero attached hydrogens (tertiary/aromatic N) is 2. The minimum atomic E-state index is -0.297. The van der Waals surface area contributed by atoms with Gasteiger partial charge in [0.05, 0.1) is 24.2 Å². The molecule has 2 saturated heterocycles. The first-order chi connectivity index (χ1) is 11.0. The lowest BCUT2D eigenvalue weighted by Crippen LogP contribution is -2.41. The quantitative estimate of drug-likeness (QED) is 0.861. The fourth-order valence-corrected chi connectivity index (χ4v) is 3.77. The second kappa shape index (κ2) is 6.22. The Morgan fingerprint density at radius 2 is 1.87 bits per heavy atom. The van der Waals surface area contributed by atoms with Crippen LogP contribution in [0.5, 0.6) is 0 Å². The Balaban J connectivity index is 1.76. The number of likely N-dealkylation sites (tertiary alicyclic amines) is 2. The summed E-state index contributed by atoms with van der Waals surface area (Å²) in [5.74, 6) is 0.124. The molecule has 23 heavy (non-hydrogen) atoms. The molecule has 124 valence electrons. The zero-order valence-corrected chi connectivity index (χ0v) is 13.9. The minimum absolute atomic E-state index is 0.0276. The van der Waals surface area contributed by atoms with Gasteiger partial charge < -0.3 is 14.5 Å². The highest BCUT2D eigenvalue weighted by Gasteiger charge is 2.50. The Labute approximate surface area is 137 Å². The monoisotopic (exact) mass is 316 g/mol. The number of benzene rings is 1. The third-order valence-electron chi connectivity index (χ3n) is 4.81. The maximum absolute atomic E-state index is 12.5. The van der Waals surface area contributed by atoms with E-state index in [9.17, 15) is 9.59 Å². The summed E-state index contributed by atoms with van der Waals surface area (Å²) in [6.07, 6.45) is 0.781. The van der Waals surface area contributed by atoms with Crippen LogP contribution in [0.4, 0.5) is 4.79 Å². The molecule has 3 atom stereocenters. The molecule has 2 fully saturated rings. The smallest absolute Gasteiger partial charge is 0.410 e. The number of carbonyl (C=O) groups excluding carboxylic acids is 2. The van der Waals surface area contributed by atoms with Gasteiger partial charge in [-0.2, -0.15) is 0 Å². The van der Waals surface area contributed by atoms with Crippen molar-refractivity contribution in [3.8, 4) is 0 Å². The first-order valence-electron chi connectivity index (χ1n) is 8.32. The minimum Gasteiger partial charge on any atom is -0.447 e. The molecule has 5 nitrogen and oxygen atoms in total. The molecule has 2 aliphatic rings. The second-order valence-corrected chi connectivity index (χ2v) is 6.64. The number of hydrogen-bond donors (Lipinski definition) is 0. The van der Waals surface area contributed by atoms with Crippen molar-refractivity contribution in [1.82, 2.24) is 9.80 Å². The lowest BCUT2D eigenvalue weighted by atomic mass is 10.0. The van der Waals surface area contributed by atoms with Crippen LogP contribution in [0.25, 0.3) is 0 Å². The molecule has 0 radical (unpaired) electrons. The molecule has 0 saturated carbocycles. The van der Waals surface area contributed by atoms with Crippen molar-refractivity contribution in [2.24, 2.45) is 0 Å². The van der Waals surface area contributed by atoms with Crippen LogP contribution in [0.15, 0.2) is 30.3 Å². The van der Waals surface area contributed by atoms with Gasteiger partial charge in [0.25, 0.3) is 0 Å². The van der Waals surface area contributed by atoms with E-state index in [2.05, 4.69) is 6.92 Å². The Bertz CT molecular complexity index is 587. The van der Waals surface area contributed by atoms with E-state index >= 15 is 0 Å². The average molecular weight is 316 g/mol. The topological polar surface area (TPSA) is 49.9 Å². The van der Waals surface area contributed by atoms with E-state index in [0.29, 0.717) is 13.0 Å². The number of fused-ring (bicyclic) bond motifs is 1. The van der Waals surface area contributed by atoms with E-state index in [1.807, 2.05) is 49.1 Å². The first-order valence-corrected chi connectivity index (χ1v) is 8.32. The van der Waals surface area contributed by atoms with Crippen molar-refractivity contribution in [2.75, 3.05) is 6.54 Å². The molecular weight excluding hydrogens is 292 g/mol. The molecule has 0 bridgehead atoms. The third-order valence-corrected chi connectivity index (χ3v) is 4.81. The van der Waals surface area contributed by atoms with Gasteiger partial charge in [-0.3, -0.25) is 4.79 Å². The van der Waals surface area contributed by atoms with Gasteiger partial charge in [-0.05, 0) is 32.8 Å². The summed E-state index contributed by atoms with van der Waals surface area (Å²) in [5.41, 5.74) is 1.13. The fraction of sp³-hybridized carbons (Fsp3) is 0.556. The zero-order valence-electron chi connectivity index (χ0n) is 13.9. The summed E-state index contributed by atoms with van der Waals surface area (Å²) >= 11 is 0. The van der Waals surface area contributed by atoms with Gasteiger partial charge >= 0.3 is 6.09 Å². The van der Waals surface area contributed by atoms with Crippen LogP contribution in [0, 0.1) is 0 Å². The van der Waals surface area contributed by atoms with Gasteiger partial charge in [0.15, 0.2) is 0 Å². The molecule has 0 aliphatic carbocycles. The lowest BCUT2D eigenvalue weighted by molar-refractivity contribution is -0.131. The summed E-state index contributed by atoms with van der Waals surface area (Å²) in [6.45, 7) is 6.40. The molecule has 2 aliphatic heterocycles. The maximum atomic E-state index is 12.5. The van der Waals surface area contributed by atoms with Crippen molar-refractivity contribution in [1.29, 1.82) is 0 Å². The number of rotatable bonds is 3. The summed E-state index contributed by atoms with van der Waals surface area (Å²) < 4.78 is 5.32. The largest absolute Gasteiger partial charge is 0.447 e. The highest BCUT2D eigenvalue weighted by Crippen LogP contribution is 2.38. The van der Waals surface area contributed by atoms with E-state index in [1.54, 1.807) is 4.90 Å². The summed E-state index contributed by atoms with van der Waals surface area (Å²) in [7, 11) is 0. The van der Waals surface area contributed by atoms with Gasteiger partial charge in [-0.25, -0.2) is 4.79 Å². The molecular formula is C18H24N2O3. The van der Waals surface area contributed by atoms with Crippen LogP contribution in [-0.2, 0) is 9.53 Å². The fourth-order valence-electron chi connectivity index (χ4n) is 3.77. The molecule has 0 N–H and O–H groups in total. The maximum Gasteiger partial charge on any atom is 0.410 e. The van der Waals surface area contributed by atoms with Gasteiger partial charge in [-0.15, -0.1) is 0 Å². The van der Waals surface area contributed by atoms with Gasteiger partial charge in [0.1, 0.15) is 0 Å². The van der Waals surface area contributed by atoms with Crippen LogP contribution in [0.3, 0.4) is 0 Å². The van der Waals surface area contributed by atoms with Crippen molar-refractivity contribution in [3.05, 3.63) is 35.9 Å². The molecule has 0 spiro atoms. The highest BCUT2D eigenvalue weighted by molar-refractivity contribution is 5.82. The van der Waals surface area contributed by atoms with Crippen LogP contribution >= 0.6 is 0 Å². The average Bonchev–Trinajstić information content (AvgIpc) is 3.04. The molecule has 0 unspecified atom stereocenters. The van der Waals surface area contributed by atoms with E-state index in [-0.39, 0.29) is 36.2 Å². The highest BCUT2D eigenvalue weighted by atomic mass is 16.6. The second-order valence-electron chi connectivity index (χ2n) is 6.64. The molecule has 2 heterocycles. The van der Waals surface area contributed by atoms with Crippen LogP contribution in [0.2, 0.25) is 0 Å². The van der Waals surface area contributed by atoms with Crippen LogP contribution in [-0.4, -0.2) is 46.5 Å². The SMILES string of the molecule is CC(C)OC(=O)N1CC[C@H]2[C@@H]1CC(=O)N2[C@@H](C)c1ccccc1. The molecule has 0 aromatic heterocycles. The predicted octanol–water partition coefficient (Wildman–Crippen LogP) is 2.97. The normalized spacial score (nSPS) is 25.0. The zero-order chi connectivity index (χ0) is 16.6. The van der Waals surface area contributed by atoms with E-state index in [4.69, 9.17) is 4.74 Å². The molecule has 1 aromatic carbocycles. The van der Waals surface area contributed by atoms with Crippen LogP contribution < -0.4 is 0 Å². The molecule has 5 heteroatoms. The number of carbonyl (C=O) groups is 2. The molecule has 3 rings (SSSR count). The number of amides is 2. The van der Waals surface area contributed by atoms with Crippen molar-refractivity contribution in [2.45, 2.75) is 57.8 Å². The summed E-state index contributed by atoms with van der Waals surface area (Å²) in [5, 5.41) is 0. The van der Waals surface area contributed by atoms with Gasteiger partial charge in [0.2, 0.25) is 5.91 Å². The first kappa shape index (κ1) is 15.8. The van der Waals surface area contributed by atoms with E-state index in [1.165, 1.54) is 0 Å². The predicted molar refractivity (Wildman–Crippen MR) is 86.8 cm³/mol. The third kappa shape index (κ3) is 2.92. The summed E-state index contributed by atoms with van der Waals surface area (Å²) in [4.78, 5) is 28.5. The van der Waals surface area contributed by atoms with Crippen LogP contribution in [0.1, 0.15) is 45.2 Å². The molecule has 1 aromatic rings.